The Labute approximate surface area is 75.3 Å². The minimum atomic E-state index is -3.43. The zero-order valence-corrected chi connectivity index (χ0v) is 7.65. The Morgan fingerprint density at radius 2 is 2.38 bits per heavy atom. The lowest BCUT2D eigenvalue weighted by atomic mass is 10.3. The highest BCUT2D eigenvalue weighted by molar-refractivity contribution is 7.86. The molecule has 0 spiro atoms. The molecule has 0 bridgehead atoms. The van der Waals surface area contributed by atoms with E-state index in [-0.39, 0.29) is 6.61 Å². The number of hydrogen-bond acceptors (Lipinski definition) is 7. The van der Waals surface area contributed by atoms with Crippen LogP contribution in [0.25, 0.3) is 0 Å². The molecule has 1 heterocycles. The van der Waals surface area contributed by atoms with Gasteiger partial charge in [-0.1, -0.05) is 5.22 Å². The second-order valence-corrected chi connectivity index (χ2v) is 3.89. The van der Waals surface area contributed by atoms with E-state index in [0.717, 1.165) is 6.26 Å². The molecule has 13 heavy (non-hydrogen) atoms. The van der Waals surface area contributed by atoms with E-state index in [4.69, 9.17) is 0 Å². The first-order valence-corrected chi connectivity index (χ1v) is 5.11. The molecule has 0 atom stereocenters. The van der Waals surface area contributed by atoms with E-state index in [0.29, 0.717) is 5.57 Å². The number of nitrogens with zero attached hydrogens (tertiary/aromatic N) is 3. The molecule has 1 N–H and O–H groups in total. The predicted molar refractivity (Wildman–Crippen MR) is 45.4 cm³/mol. The van der Waals surface area contributed by atoms with Crippen molar-refractivity contribution in [2.45, 2.75) is 0 Å². The minimum absolute atomic E-state index is 0.0942. The zero-order chi connectivity index (χ0) is 9.73. The first-order valence-electron chi connectivity index (χ1n) is 3.29. The molecule has 0 unspecified atom stereocenters. The summed E-state index contributed by atoms with van der Waals surface area (Å²) < 4.78 is 25.7. The van der Waals surface area contributed by atoms with Gasteiger partial charge in [-0.05, 0) is 0 Å². The van der Waals surface area contributed by atoms with Crippen molar-refractivity contribution < 1.29 is 12.6 Å². The van der Waals surface area contributed by atoms with Crippen molar-refractivity contribution in [2.75, 3.05) is 12.9 Å². The summed E-state index contributed by atoms with van der Waals surface area (Å²) in [5.74, 6) is 0. The largest absolute Gasteiger partial charge is 0.265 e. The lowest BCUT2D eigenvalue weighted by Crippen LogP contribution is -2.07. The Kier molecular flexibility index (Phi) is 3.09. The molecule has 0 radical (unpaired) electrons. The van der Waals surface area contributed by atoms with E-state index in [9.17, 15) is 8.42 Å². The summed E-state index contributed by atoms with van der Waals surface area (Å²) in [6, 6.07) is 0. The first-order chi connectivity index (χ1) is 6.08. The average Bonchev–Trinajstić information content (AvgIpc) is 2.26. The molecule has 0 aromatic carbocycles. The fraction of sp³-hybridized carbons (Fsp3) is 0.400. The molecule has 0 amide bonds. The first kappa shape index (κ1) is 9.81. The molecule has 1 aliphatic heterocycles. The minimum Gasteiger partial charge on any atom is -0.265 e. The number of rotatable bonds is 3. The lowest BCUT2D eigenvalue weighted by molar-refractivity contribution is 0.357. The summed E-state index contributed by atoms with van der Waals surface area (Å²) in [7, 11) is -3.43. The van der Waals surface area contributed by atoms with E-state index < -0.39 is 10.1 Å². The molecule has 0 aliphatic carbocycles. The Morgan fingerprint density at radius 1 is 1.62 bits per heavy atom. The van der Waals surface area contributed by atoms with Crippen molar-refractivity contribution in [3.8, 4) is 0 Å². The summed E-state index contributed by atoms with van der Waals surface area (Å²) in [5.41, 5.74) is 2.76. The Balaban J connectivity index is 2.54. The van der Waals surface area contributed by atoms with E-state index in [1.807, 2.05) is 0 Å². The predicted octanol–water partition coefficient (Wildman–Crippen LogP) is -0.197. The maximum absolute atomic E-state index is 10.6. The molecule has 0 aromatic rings. The highest BCUT2D eigenvalue weighted by Crippen LogP contribution is 1.98. The van der Waals surface area contributed by atoms with Crippen LogP contribution >= 0.6 is 0 Å². The van der Waals surface area contributed by atoms with Gasteiger partial charge in [0.05, 0.1) is 25.3 Å². The molecule has 72 valence electrons. The van der Waals surface area contributed by atoms with Crippen molar-refractivity contribution in [2.24, 2.45) is 15.4 Å². The maximum Gasteiger partial charge on any atom is 0.264 e. The summed E-state index contributed by atoms with van der Waals surface area (Å²) >= 11 is 0. The highest BCUT2D eigenvalue weighted by atomic mass is 32.2. The quantitative estimate of drug-likeness (QED) is 0.644. The van der Waals surface area contributed by atoms with Crippen LogP contribution in [0.2, 0.25) is 0 Å². The van der Waals surface area contributed by atoms with Crippen LogP contribution in [0.4, 0.5) is 0 Å². The molecule has 0 fully saturated rings. The summed E-state index contributed by atoms with van der Waals surface area (Å²) in [5, 5.41) is 10.4. The van der Waals surface area contributed by atoms with Crippen molar-refractivity contribution >= 4 is 16.3 Å². The average molecular weight is 204 g/mol. The van der Waals surface area contributed by atoms with Gasteiger partial charge >= 0.3 is 0 Å². The molecule has 0 aromatic heterocycles. The fourth-order valence-corrected chi connectivity index (χ4v) is 0.900. The van der Waals surface area contributed by atoms with Crippen molar-refractivity contribution in [1.82, 2.24) is 5.53 Å². The smallest absolute Gasteiger partial charge is 0.264 e. The number of nitrogens with one attached hydrogen (secondary N) is 1. The van der Waals surface area contributed by atoms with Crippen LogP contribution < -0.4 is 5.53 Å². The van der Waals surface area contributed by atoms with Gasteiger partial charge in [0.25, 0.3) is 10.1 Å². The van der Waals surface area contributed by atoms with Crippen molar-refractivity contribution in [3.05, 3.63) is 11.8 Å². The van der Waals surface area contributed by atoms with Crippen LogP contribution in [0.5, 0.6) is 0 Å². The van der Waals surface area contributed by atoms with Gasteiger partial charge in [-0.15, -0.1) is 5.11 Å². The van der Waals surface area contributed by atoms with Gasteiger partial charge in [0.1, 0.15) is 0 Å². The van der Waals surface area contributed by atoms with Gasteiger partial charge in [-0.2, -0.15) is 19.1 Å². The van der Waals surface area contributed by atoms with Crippen LogP contribution in [0.1, 0.15) is 0 Å². The monoisotopic (exact) mass is 204 g/mol. The molecule has 1 rings (SSSR count). The molecule has 1 aliphatic rings. The van der Waals surface area contributed by atoms with Crippen LogP contribution in [0.15, 0.2) is 27.2 Å². The molecular weight excluding hydrogens is 196 g/mol. The van der Waals surface area contributed by atoms with Gasteiger partial charge in [0, 0.05) is 5.57 Å². The normalized spacial score (nSPS) is 16.2. The number of hydrazone groups is 1. The van der Waals surface area contributed by atoms with Crippen LogP contribution in [0, 0.1) is 0 Å². The molecule has 7 nitrogen and oxygen atoms in total. The van der Waals surface area contributed by atoms with E-state index in [1.165, 1.54) is 12.4 Å². The highest BCUT2D eigenvalue weighted by Gasteiger charge is 2.03. The maximum atomic E-state index is 10.6. The second kappa shape index (κ2) is 4.10. The van der Waals surface area contributed by atoms with Gasteiger partial charge in [0.2, 0.25) is 0 Å². The zero-order valence-electron chi connectivity index (χ0n) is 6.84. The summed E-state index contributed by atoms with van der Waals surface area (Å²) in [6.07, 6.45) is 3.71. The second-order valence-electron chi connectivity index (χ2n) is 2.24. The molecule has 0 saturated carbocycles. The standard InChI is InChI=1S/C5H8N4O3S/c1-13(10,11)12-4-5-2-6-8-9-7-3-5/h2-3H,4H2,1H3,(H,6,9). The lowest BCUT2D eigenvalue weighted by Gasteiger charge is -1.98. The van der Waals surface area contributed by atoms with Crippen molar-refractivity contribution in [3.63, 3.8) is 0 Å². The SMILES string of the molecule is CS(=O)(=O)OCC1=CN=NNN=C1. The molecule has 8 heteroatoms. The van der Waals surface area contributed by atoms with E-state index in [1.54, 1.807) is 0 Å². The molecule has 0 saturated heterocycles. The Morgan fingerprint density at radius 3 is 3.08 bits per heavy atom. The molecular formula is C5H8N4O3S. The summed E-state index contributed by atoms with van der Waals surface area (Å²) in [4.78, 5) is 0. The van der Waals surface area contributed by atoms with Crippen molar-refractivity contribution in [1.29, 1.82) is 0 Å². The van der Waals surface area contributed by atoms with Gasteiger partial charge in [-0.25, -0.2) is 0 Å². The van der Waals surface area contributed by atoms with Gasteiger partial charge in [0.15, 0.2) is 0 Å². The van der Waals surface area contributed by atoms with Crippen LogP contribution in [0.3, 0.4) is 0 Å². The van der Waals surface area contributed by atoms with Gasteiger partial charge in [-0.3, -0.25) is 4.18 Å². The van der Waals surface area contributed by atoms with Crippen LogP contribution in [-0.4, -0.2) is 27.5 Å². The van der Waals surface area contributed by atoms with Crippen LogP contribution in [-0.2, 0) is 14.3 Å². The third-order valence-electron chi connectivity index (χ3n) is 1.05. The van der Waals surface area contributed by atoms with E-state index >= 15 is 0 Å². The fourth-order valence-electron chi connectivity index (χ4n) is 0.549. The number of hydrogen-bond donors (Lipinski definition) is 1. The van der Waals surface area contributed by atoms with E-state index in [2.05, 4.69) is 25.2 Å². The Bertz CT molecular complexity index is 356. The Hall–Kier alpha value is -1.28. The summed E-state index contributed by atoms with van der Waals surface area (Å²) in [6.45, 7) is -0.0942. The third-order valence-corrected chi connectivity index (χ3v) is 1.60. The van der Waals surface area contributed by atoms with Gasteiger partial charge < -0.3 is 0 Å². The third kappa shape index (κ3) is 4.33. The topological polar surface area (TPSA) is 92.5 Å².